The Labute approximate surface area is 112 Å². The van der Waals surface area contributed by atoms with Gasteiger partial charge in [0.25, 0.3) is 0 Å². The first-order valence-corrected chi connectivity index (χ1v) is 6.71. The van der Waals surface area contributed by atoms with Crippen molar-refractivity contribution in [3.05, 3.63) is 29.8 Å². The summed E-state index contributed by atoms with van der Waals surface area (Å²) in [7, 11) is 1.68. The summed E-state index contributed by atoms with van der Waals surface area (Å²) >= 11 is 5.76. The highest BCUT2D eigenvalue weighted by Gasteiger charge is 2.38. The lowest BCUT2D eigenvalue weighted by Crippen LogP contribution is -2.42. The Balaban J connectivity index is 1.94. The molecule has 1 fully saturated rings. The summed E-state index contributed by atoms with van der Waals surface area (Å²) < 4.78 is 5.45. The number of rotatable bonds is 5. The molecule has 0 aromatic heterocycles. The van der Waals surface area contributed by atoms with Gasteiger partial charge in [-0.25, -0.2) is 0 Å². The predicted octanol–water partition coefficient (Wildman–Crippen LogP) is 3.32. The Morgan fingerprint density at radius 3 is 2.83 bits per heavy atom. The molecule has 98 valence electrons. The molecule has 4 heteroatoms. The van der Waals surface area contributed by atoms with Crippen molar-refractivity contribution in [2.75, 3.05) is 12.4 Å². The summed E-state index contributed by atoms with van der Waals surface area (Å²) in [6, 6.07) is 7.59. The summed E-state index contributed by atoms with van der Waals surface area (Å²) in [4.78, 5) is 12.0. The summed E-state index contributed by atoms with van der Waals surface area (Å²) in [6.45, 7) is 0. The third kappa shape index (κ3) is 3.03. The van der Waals surface area contributed by atoms with Crippen molar-refractivity contribution in [2.24, 2.45) is 0 Å². The summed E-state index contributed by atoms with van der Waals surface area (Å²) in [5.41, 5.74) is 1.57. The molecule has 1 N–H and O–H groups in total. The second-order valence-electron chi connectivity index (χ2n) is 4.80. The van der Waals surface area contributed by atoms with Gasteiger partial charge in [-0.05, 0) is 37.0 Å². The molecule has 1 saturated carbocycles. The number of halogens is 1. The zero-order valence-electron chi connectivity index (χ0n) is 10.5. The Hall–Kier alpha value is -1.06. The molecular formula is C14H18ClNO2. The van der Waals surface area contributed by atoms with Crippen LogP contribution in [0.1, 0.15) is 31.2 Å². The molecule has 3 nitrogen and oxygen atoms in total. The number of benzene rings is 1. The molecule has 1 aromatic carbocycles. The van der Waals surface area contributed by atoms with Crippen molar-refractivity contribution in [1.82, 2.24) is 0 Å². The zero-order chi connectivity index (χ0) is 13.0. The topological polar surface area (TPSA) is 38.3 Å². The van der Waals surface area contributed by atoms with E-state index in [0.29, 0.717) is 12.3 Å². The van der Waals surface area contributed by atoms with Crippen LogP contribution in [0, 0.1) is 0 Å². The quantitative estimate of drug-likeness (QED) is 0.831. The number of alkyl halides is 1. The second kappa shape index (κ2) is 5.72. The summed E-state index contributed by atoms with van der Waals surface area (Å²) in [5, 5.41) is 2.90. The lowest BCUT2D eigenvalue weighted by molar-refractivity contribution is -0.129. The van der Waals surface area contributed by atoms with Crippen LogP contribution in [-0.4, -0.2) is 18.6 Å². The molecule has 2 rings (SSSR count). The van der Waals surface area contributed by atoms with Crippen molar-refractivity contribution in [2.45, 2.75) is 37.2 Å². The normalized spacial score (nSPS) is 17.0. The number of carbonyl (C=O) groups excluding carboxylic acids is 1. The fourth-order valence-electron chi connectivity index (χ4n) is 2.25. The molecule has 18 heavy (non-hydrogen) atoms. The highest BCUT2D eigenvalue weighted by Crippen LogP contribution is 2.38. The van der Waals surface area contributed by atoms with E-state index in [0.717, 1.165) is 30.5 Å². The maximum absolute atomic E-state index is 12.0. The van der Waals surface area contributed by atoms with Gasteiger partial charge < -0.3 is 10.1 Å². The minimum absolute atomic E-state index is 0.00303. The molecule has 0 saturated heterocycles. The van der Waals surface area contributed by atoms with E-state index in [-0.39, 0.29) is 11.5 Å². The Bertz CT molecular complexity index is 424. The molecule has 1 amide bonds. The largest absolute Gasteiger partial charge is 0.378 e. The van der Waals surface area contributed by atoms with Gasteiger partial charge in [0, 0.05) is 18.7 Å². The standard InChI is InChI=1S/C14H18ClNO2/c1-18-14(6-3-7-14)9-13(17)16-12-5-2-4-11(8-12)10-15/h2,4-5,8H,3,6-7,9-10H2,1H3,(H,16,17). The van der Waals surface area contributed by atoms with Gasteiger partial charge in [0.1, 0.15) is 0 Å². The first-order valence-electron chi connectivity index (χ1n) is 6.17. The van der Waals surface area contributed by atoms with Gasteiger partial charge in [-0.3, -0.25) is 4.79 Å². The van der Waals surface area contributed by atoms with Crippen molar-refractivity contribution in [3.8, 4) is 0 Å². The number of anilines is 1. The fourth-order valence-corrected chi connectivity index (χ4v) is 2.42. The number of carbonyl (C=O) groups is 1. The minimum Gasteiger partial charge on any atom is -0.378 e. The molecule has 0 heterocycles. The van der Waals surface area contributed by atoms with E-state index < -0.39 is 0 Å². The van der Waals surface area contributed by atoms with Gasteiger partial charge in [-0.2, -0.15) is 0 Å². The van der Waals surface area contributed by atoms with Gasteiger partial charge in [0.15, 0.2) is 0 Å². The Morgan fingerprint density at radius 1 is 1.50 bits per heavy atom. The van der Waals surface area contributed by atoms with Crippen LogP contribution in [0.15, 0.2) is 24.3 Å². The van der Waals surface area contributed by atoms with Gasteiger partial charge in [0.05, 0.1) is 12.0 Å². The van der Waals surface area contributed by atoms with E-state index in [2.05, 4.69) is 5.32 Å². The third-order valence-corrected chi connectivity index (χ3v) is 3.85. The monoisotopic (exact) mass is 267 g/mol. The van der Waals surface area contributed by atoms with Crippen molar-refractivity contribution in [3.63, 3.8) is 0 Å². The van der Waals surface area contributed by atoms with Crippen LogP contribution in [0.4, 0.5) is 5.69 Å². The van der Waals surface area contributed by atoms with E-state index in [9.17, 15) is 4.79 Å². The van der Waals surface area contributed by atoms with E-state index in [4.69, 9.17) is 16.3 Å². The van der Waals surface area contributed by atoms with Gasteiger partial charge >= 0.3 is 0 Å². The van der Waals surface area contributed by atoms with Gasteiger partial charge in [-0.15, -0.1) is 11.6 Å². The molecular weight excluding hydrogens is 250 g/mol. The highest BCUT2D eigenvalue weighted by atomic mass is 35.5. The number of hydrogen-bond donors (Lipinski definition) is 1. The van der Waals surface area contributed by atoms with Crippen LogP contribution in [0.3, 0.4) is 0 Å². The summed E-state index contributed by atoms with van der Waals surface area (Å²) in [6.07, 6.45) is 3.51. The summed E-state index contributed by atoms with van der Waals surface area (Å²) in [5.74, 6) is 0.453. The minimum atomic E-state index is -0.228. The van der Waals surface area contributed by atoms with Crippen molar-refractivity contribution in [1.29, 1.82) is 0 Å². The molecule has 0 atom stereocenters. The molecule has 0 bridgehead atoms. The van der Waals surface area contributed by atoms with Crippen LogP contribution < -0.4 is 5.32 Å². The number of ether oxygens (including phenoxy) is 1. The van der Waals surface area contributed by atoms with Gasteiger partial charge in [-0.1, -0.05) is 12.1 Å². The lowest BCUT2D eigenvalue weighted by Gasteiger charge is -2.39. The molecule has 0 spiro atoms. The van der Waals surface area contributed by atoms with Crippen molar-refractivity contribution < 1.29 is 9.53 Å². The molecule has 1 aromatic rings. The molecule has 1 aliphatic rings. The van der Waals surface area contributed by atoms with Crippen LogP contribution in [0.25, 0.3) is 0 Å². The SMILES string of the molecule is COC1(CC(=O)Nc2cccc(CCl)c2)CCC1. The van der Waals surface area contributed by atoms with Crippen LogP contribution in [0.2, 0.25) is 0 Å². The first kappa shape index (κ1) is 13.4. The molecule has 1 aliphatic carbocycles. The third-order valence-electron chi connectivity index (χ3n) is 3.55. The van der Waals surface area contributed by atoms with E-state index in [1.165, 1.54) is 0 Å². The number of methoxy groups -OCH3 is 1. The maximum Gasteiger partial charge on any atom is 0.227 e. The first-order chi connectivity index (χ1) is 8.67. The fraction of sp³-hybridized carbons (Fsp3) is 0.500. The van der Waals surface area contributed by atoms with E-state index in [1.807, 2.05) is 24.3 Å². The molecule has 0 unspecified atom stereocenters. The predicted molar refractivity (Wildman–Crippen MR) is 72.8 cm³/mol. The number of nitrogens with one attached hydrogen (secondary N) is 1. The Morgan fingerprint density at radius 2 is 2.28 bits per heavy atom. The van der Waals surface area contributed by atoms with Crippen LogP contribution in [0.5, 0.6) is 0 Å². The molecule has 0 radical (unpaired) electrons. The lowest BCUT2D eigenvalue weighted by atomic mass is 9.77. The Kier molecular flexibility index (Phi) is 4.25. The van der Waals surface area contributed by atoms with Gasteiger partial charge in [0.2, 0.25) is 5.91 Å². The number of hydrogen-bond acceptors (Lipinski definition) is 2. The zero-order valence-corrected chi connectivity index (χ0v) is 11.3. The van der Waals surface area contributed by atoms with Crippen LogP contribution >= 0.6 is 11.6 Å². The average Bonchev–Trinajstić information content (AvgIpc) is 2.34. The van der Waals surface area contributed by atoms with E-state index in [1.54, 1.807) is 7.11 Å². The van der Waals surface area contributed by atoms with Crippen molar-refractivity contribution >= 4 is 23.2 Å². The van der Waals surface area contributed by atoms with E-state index >= 15 is 0 Å². The highest BCUT2D eigenvalue weighted by molar-refractivity contribution is 6.17. The second-order valence-corrected chi connectivity index (χ2v) is 5.07. The maximum atomic E-state index is 12.0. The molecule has 0 aliphatic heterocycles. The average molecular weight is 268 g/mol. The number of amides is 1. The van der Waals surface area contributed by atoms with Crippen LogP contribution in [-0.2, 0) is 15.4 Å². The smallest absolute Gasteiger partial charge is 0.227 e.